The number of likely N-dealkylation sites (N-methyl/N-ethyl adjacent to an activating group) is 1. The molecule has 0 aromatic heterocycles. The summed E-state index contributed by atoms with van der Waals surface area (Å²) in [5, 5.41) is 11.7. The Bertz CT molecular complexity index is 1310. The first kappa shape index (κ1) is 62.8. The molecule has 8 heteroatoms. The highest BCUT2D eigenvalue weighted by molar-refractivity contribution is 5.70. The van der Waals surface area contributed by atoms with Gasteiger partial charge in [-0.15, -0.1) is 0 Å². The number of nitrogens with zero attached hydrogens (tertiary/aromatic N) is 1. The number of carboxylic acid groups (broad SMARTS) is 1. The van der Waals surface area contributed by atoms with Crippen LogP contribution >= 0.6 is 0 Å². The molecule has 0 saturated carbocycles. The number of carbonyl (C=O) groups is 3. The number of allylic oxidation sites excluding steroid dienone is 12. The molecule has 8 nitrogen and oxygen atoms in total. The maximum atomic E-state index is 12.8. The Morgan fingerprint density at radius 2 is 0.848 bits per heavy atom. The van der Waals surface area contributed by atoms with E-state index in [1.54, 1.807) is 21.1 Å². The summed E-state index contributed by atoms with van der Waals surface area (Å²) in [6.45, 7) is 4.54. The van der Waals surface area contributed by atoms with E-state index >= 15 is 0 Å². The second kappa shape index (κ2) is 48.2. The first-order valence-corrected chi connectivity index (χ1v) is 27.0. The number of unbranched alkanes of at least 4 members (excludes halogenated alkanes) is 22. The highest BCUT2D eigenvalue weighted by Crippen LogP contribution is 2.16. The number of hydrogen-bond acceptors (Lipinski definition) is 7. The van der Waals surface area contributed by atoms with Crippen LogP contribution in [-0.4, -0.2) is 75.5 Å². The van der Waals surface area contributed by atoms with Gasteiger partial charge in [0.2, 0.25) is 0 Å². The minimum atomic E-state index is -1.13. The molecule has 0 aliphatic carbocycles. The second-order valence-electron chi connectivity index (χ2n) is 19.1. The van der Waals surface area contributed by atoms with Gasteiger partial charge in [-0.3, -0.25) is 9.59 Å². The van der Waals surface area contributed by atoms with Crippen molar-refractivity contribution in [3.63, 3.8) is 0 Å². The monoisotopic (exact) mass is 924 g/mol. The van der Waals surface area contributed by atoms with E-state index in [9.17, 15) is 19.5 Å². The van der Waals surface area contributed by atoms with Gasteiger partial charge >= 0.3 is 11.9 Å². The van der Waals surface area contributed by atoms with Crippen molar-refractivity contribution in [2.75, 3.05) is 41.0 Å². The molecule has 0 bridgehead atoms. The Kier molecular flexibility index (Phi) is 45.9. The van der Waals surface area contributed by atoms with E-state index in [1.165, 1.54) is 109 Å². The van der Waals surface area contributed by atoms with Crippen molar-refractivity contribution < 1.29 is 38.2 Å². The van der Waals surface area contributed by atoms with Crippen LogP contribution in [0.2, 0.25) is 0 Å². The van der Waals surface area contributed by atoms with Gasteiger partial charge in [0, 0.05) is 19.3 Å². The average Bonchev–Trinajstić information content (AvgIpc) is 3.28. The molecule has 0 rings (SSSR count). The number of carbonyl (C=O) groups excluding carboxylic acids is 3. The molecule has 0 spiro atoms. The molecule has 0 aliphatic heterocycles. The number of aliphatic carboxylic acids is 1. The molecule has 0 aromatic carbocycles. The maximum absolute atomic E-state index is 12.8. The lowest BCUT2D eigenvalue weighted by Crippen LogP contribution is -2.55. The molecule has 2 atom stereocenters. The van der Waals surface area contributed by atoms with Crippen LogP contribution in [0.1, 0.15) is 226 Å². The molecule has 0 fully saturated rings. The normalized spacial score (nSPS) is 13.4. The standard InChI is InChI=1S/C58H101NO7/c1-6-8-10-12-14-16-18-20-22-24-26-28-29-31-33-35-37-39-41-43-45-47-49-57(61)66-54(52-64-51-50-55(58(62)63)59(3,4)5)53-65-56(60)48-46-44-42-40-38-36-34-32-30-27-25-23-21-19-17-15-13-11-9-7-2/h8,10,14,16,20,22,26,28,31,33,37,39,54-55H,6-7,9,11-13,15,17-19,21,23-25,27,29-30,32,34-36,38,40-53H2,1-5H3/b10-8+,16-14+,22-20+,28-26+,33-31+,39-37+. The van der Waals surface area contributed by atoms with Crippen LogP contribution in [0.25, 0.3) is 0 Å². The third-order valence-corrected chi connectivity index (χ3v) is 11.9. The van der Waals surface area contributed by atoms with Gasteiger partial charge < -0.3 is 28.6 Å². The maximum Gasteiger partial charge on any atom is 0.306 e. The SMILES string of the molecule is CC/C=C/C/C=C/C/C=C/C/C=C/C/C=C/C/C=C/CCCCCC(=O)OC(COCCC(C(=O)[O-])[N+](C)(C)C)COC(=O)CCCCCCCCCCCCCCCCCCCCCC. The van der Waals surface area contributed by atoms with Crippen molar-refractivity contribution in [3.8, 4) is 0 Å². The summed E-state index contributed by atoms with van der Waals surface area (Å²) >= 11 is 0. The lowest BCUT2D eigenvalue weighted by molar-refractivity contribution is -0.889. The van der Waals surface area contributed by atoms with Gasteiger partial charge in [0.15, 0.2) is 6.10 Å². The molecule has 0 radical (unpaired) electrons. The number of quaternary nitrogens is 1. The summed E-state index contributed by atoms with van der Waals surface area (Å²) in [6, 6.07) is -0.735. The van der Waals surface area contributed by atoms with E-state index < -0.39 is 18.1 Å². The number of rotatable bonds is 48. The highest BCUT2D eigenvalue weighted by atomic mass is 16.6. The predicted molar refractivity (Wildman–Crippen MR) is 277 cm³/mol. The first-order chi connectivity index (χ1) is 32.1. The van der Waals surface area contributed by atoms with Crippen molar-refractivity contribution in [2.24, 2.45) is 0 Å². The van der Waals surface area contributed by atoms with Gasteiger partial charge in [-0.05, 0) is 64.2 Å². The lowest BCUT2D eigenvalue weighted by atomic mass is 10.0. The van der Waals surface area contributed by atoms with E-state index in [0.29, 0.717) is 12.8 Å². The van der Waals surface area contributed by atoms with Crippen LogP contribution in [0.4, 0.5) is 0 Å². The number of carboxylic acids is 1. The summed E-state index contributed by atoms with van der Waals surface area (Å²) < 4.78 is 17.2. The molecule has 0 aliphatic rings. The summed E-state index contributed by atoms with van der Waals surface area (Å²) in [6.07, 6.45) is 62.2. The van der Waals surface area contributed by atoms with Crippen molar-refractivity contribution in [2.45, 2.75) is 238 Å². The molecule has 0 saturated heterocycles. The van der Waals surface area contributed by atoms with E-state index in [-0.39, 0.29) is 49.1 Å². The fraction of sp³-hybridized carbons (Fsp3) is 0.741. The van der Waals surface area contributed by atoms with Crippen LogP contribution in [0, 0.1) is 0 Å². The Morgan fingerprint density at radius 3 is 1.26 bits per heavy atom. The van der Waals surface area contributed by atoms with Gasteiger partial charge in [0.05, 0.1) is 40.3 Å². The van der Waals surface area contributed by atoms with Gasteiger partial charge in [0.25, 0.3) is 0 Å². The number of ether oxygens (including phenoxy) is 3. The summed E-state index contributed by atoms with van der Waals surface area (Å²) in [7, 11) is 5.40. The molecule has 66 heavy (non-hydrogen) atoms. The summed E-state index contributed by atoms with van der Waals surface area (Å²) in [5.41, 5.74) is 0. The zero-order chi connectivity index (χ0) is 48.4. The largest absolute Gasteiger partial charge is 0.544 e. The van der Waals surface area contributed by atoms with E-state index in [4.69, 9.17) is 14.2 Å². The molecule has 2 unspecified atom stereocenters. The topological polar surface area (TPSA) is 102 Å². The number of esters is 2. The van der Waals surface area contributed by atoms with Gasteiger partial charge in [-0.2, -0.15) is 0 Å². The Morgan fingerprint density at radius 1 is 0.470 bits per heavy atom. The van der Waals surface area contributed by atoms with Crippen LogP contribution in [-0.2, 0) is 28.6 Å². The van der Waals surface area contributed by atoms with Crippen molar-refractivity contribution in [1.82, 2.24) is 0 Å². The Hall–Kier alpha value is -3.23. The van der Waals surface area contributed by atoms with E-state index in [0.717, 1.165) is 77.0 Å². The summed E-state index contributed by atoms with van der Waals surface area (Å²) in [5.74, 6) is -1.77. The van der Waals surface area contributed by atoms with Crippen LogP contribution in [0.15, 0.2) is 72.9 Å². The van der Waals surface area contributed by atoms with E-state index in [1.807, 2.05) is 0 Å². The molecular weight excluding hydrogens is 823 g/mol. The smallest absolute Gasteiger partial charge is 0.306 e. The molecule has 0 N–H and O–H groups in total. The molecule has 0 aromatic rings. The fourth-order valence-electron chi connectivity index (χ4n) is 7.72. The fourth-order valence-corrected chi connectivity index (χ4v) is 7.72. The van der Waals surface area contributed by atoms with Gasteiger partial charge in [-0.1, -0.05) is 215 Å². The molecule has 0 heterocycles. The number of hydrogen-bond donors (Lipinski definition) is 0. The highest BCUT2D eigenvalue weighted by Gasteiger charge is 2.25. The summed E-state index contributed by atoms with van der Waals surface area (Å²) in [4.78, 5) is 37.1. The minimum absolute atomic E-state index is 0.0257. The van der Waals surface area contributed by atoms with Crippen LogP contribution in [0.3, 0.4) is 0 Å². The van der Waals surface area contributed by atoms with Gasteiger partial charge in [0.1, 0.15) is 12.6 Å². The molecule has 0 amide bonds. The Balaban J connectivity index is 4.29. The van der Waals surface area contributed by atoms with Crippen molar-refractivity contribution in [1.29, 1.82) is 0 Å². The predicted octanol–water partition coefficient (Wildman–Crippen LogP) is 14.5. The third-order valence-electron chi connectivity index (χ3n) is 11.9. The first-order valence-electron chi connectivity index (χ1n) is 27.0. The van der Waals surface area contributed by atoms with Gasteiger partial charge in [-0.25, -0.2) is 0 Å². The van der Waals surface area contributed by atoms with Crippen LogP contribution in [0.5, 0.6) is 0 Å². The van der Waals surface area contributed by atoms with E-state index in [2.05, 4.69) is 86.8 Å². The quantitative estimate of drug-likeness (QED) is 0.0259. The van der Waals surface area contributed by atoms with Crippen molar-refractivity contribution in [3.05, 3.63) is 72.9 Å². The van der Waals surface area contributed by atoms with Crippen LogP contribution < -0.4 is 5.11 Å². The zero-order valence-electron chi connectivity index (χ0n) is 43.3. The Labute approximate surface area is 406 Å². The molecular formula is C58H101NO7. The zero-order valence-corrected chi connectivity index (χ0v) is 43.3. The minimum Gasteiger partial charge on any atom is -0.544 e. The lowest BCUT2D eigenvalue weighted by Gasteiger charge is -2.34. The third kappa shape index (κ3) is 45.9. The average molecular weight is 924 g/mol. The molecule has 380 valence electrons. The van der Waals surface area contributed by atoms with Crippen molar-refractivity contribution >= 4 is 17.9 Å². The second-order valence-corrected chi connectivity index (χ2v) is 19.1.